The van der Waals surface area contributed by atoms with Crippen molar-refractivity contribution in [2.75, 3.05) is 30.0 Å². The van der Waals surface area contributed by atoms with Gasteiger partial charge in [0.25, 0.3) is 5.91 Å². The molecular weight excluding hydrogens is 422 g/mol. The largest absolute Gasteiger partial charge is 0.486 e. The number of para-hydroxylation sites is 1. The second-order valence-electron chi connectivity index (χ2n) is 8.72. The number of hydrogen-bond acceptors (Lipinski definition) is 5. The quantitative estimate of drug-likeness (QED) is 0.731. The number of rotatable bonds is 5. The molecule has 1 saturated heterocycles. The Bertz CT molecular complexity index is 1080. The topological polar surface area (TPSA) is 97.0 Å². The fraction of sp³-hybridized carbons (Fsp3) is 0.400. The Morgan fingerprint density at radius 1 is 0.970 bits per heavy atom. The van der Waals surface area contributed by atoms with E-state index >= 15 is 0 Å². The van der Waals surface area contributed by atoms with Crippen LogP contribution in [0.1, 0.15) is 42.5 Å². The first-order chi connectivity index (χ1) is 16.1. The summed E-state index contributed by atoms with van der Waals surface area (Å²) in [7, 11) is 0. The van der Waals surface area contributed by atoms with Gasteiger partial charge in [-0.1, -0.05) is 25.0 Å². The summed E-state index contributed by atoms with van der Waals surface area (Å²) in [6.45, 7) is 1.22. The summed E-state index contributed by atoms with van der Waals surface area (Å²) in [6, 6.07) is 12.5. The van der Waals surface area contributed by atoms with E-state index in [9.17, 15) is 14.4 Å². The van der Waals surface area contributed by atoms with Crippen molar-refractivity contribution in [1.82, 2.24) is 5.32 Å². The van der Waals surface area contributed by atoms with Gasteiger partial charge in [0.2, 0.25) is 11.8 Å². The van der Waals surface area contributed by atoms with Crippen molar-refractivity contribution in [1.29, 1.82) is 0 Å². The Kier molecular flexibility index (Phi) is 5.90. The minimum atomic E-state index is -0.517. The van der Waals surface area contributed by atoms with Crippen LogP contribution < -0.4 is 25.0 Å². The molecule has 33 heavy (non-hydrogen) atoms. The lowest BCUT2D eigenvalue weighted by molar-refractivity contribution is -0.122. The zero-order valence-electron chi connectivity index (χ0n) is 18.3. The molecule has 2 N–H and O–H groups in total. The van der Waals surface area contributed by atoms with E-state index in [1.807, 2.05) is 0 Å². The van der Waals surface area contributed by atoms with Crippen LogP contribution in [0.3, 0.4) is 0 Å². The highest BCUT2D eigenvalue weighted by atomic mass is 16.6. The van der Waals surface area contributed by atoms with Crippen LogP contribution >= 0.6 is 0 Å². The summed E-state index contributed by atoms with van der Waals surface area (Å²) in [5, 5.41) is 5.94. The molecule has 1 saturated carbocycles. The number of amides is 3. The first-order valence-corrected chi connectivity index (χ1v) is 11.5. The highest BCUT2D eigenvalue weighted by Gasteiger charge is 2.36. The van der Waals surface area contributed by atoms with E-state index < -0.39 is 5.92 Å². The van der Waals surface area contributed by atoms with Gasteiger partial charge < -0.3 is 25.0 Å². The van der Waals surface area contributed by atoms with E-state index in [0.29, 0.717) is 41.7 Å². The van der Waals surface area contributed by atoms with E-state index in [-0.39, 0.29) is 36.7 Å². The molecule has 3 amide bonds. The number of benzene rings is 2. The van der Waals surface area contributed by atoms with Crippen molar-refractivity contribution >= 4 is 29.1 Å². The Labute approximate surface area is 192 Å². The van der Waals surface area contributed by atoms with E-state index in [0.717, 1.165) is 25.7 Å². The van der Waals surface area contributed by atoms with Gasteiger partial charge in [-0.15, -0.1) is 0 Å². The summed E-state index contributed by atoms with van der Waals surface area (Å²) in [4.78, 5) is 40.1. The van der Waals surface area contributed by atoms with Crippen LogP contribution in [0.25, 0.3) is 0 Å². The first-order valence-electron chi connectivity index (χ1n) is 11.5. The minimum absolute atomic E-state index is 0.108. The lowest BCUT2D eigenvalue weighted by atomic mass is 10.1. The van der Waals surface area contributed by atoms with Gasteiger partial charge in [0.15, 0.2) is 11.5 Å². The molecule has 2 aromatic carbocycles. The summed E-state index contributed by atoms with van der Waals surface area (Å²) in [5.41, 5.74) is 1.57. The fourth-order valence-corrected chi connectivity index (χ4v) is 4.69. The third-order valence-corrected chi connectivity index (χ3v) is 6.45. The number of hydrogen-bond donors (Lipinski definition) is 2. The summed E-state index contributed by atoms with van der Waals surface area (Å²) in [6.07, 6.45) is 4.33. The van der Waals surface area contributed by atoms with Crippen molar-refractivity contribution in [3.05, 3.63) is 48.0 Å². The van der Waals surface area contributed by atoms with Crippen molar-refractivity contribution < 1.29 is 23.9 Å². The van der Waals surface area contributed by atoms with Gasteiger partial charge in [0.1, 0.15) is 13.2 Å². The number of carbonyl (C=O) groups excluding carboxylic acids is 3. The van der Waals surface area contributed by atoms with Crippen LogP contribution in [0.2, 0.25) is 0 Å². The Hall–Kier alpha value is -3.55. The molecule has 8 heteroatoms. The van der Waals surface area contributed by atoms with E-state index in [4.69, 9.17) is 9.47 Å². The number of anilines is 2. The molecule has 2 aromatic rings. The molecule has 5 rings (SSSR count). The lowest BCUT2D eigenvalue weighted by Crippen LogP contribution is -2.34. The molecule has 2 aliphatic heterocycles. The molecular formula is C25H27N3O5. The van der Waals surface area contributed by atoms with Crippen LogP contribution in [0.15, 0.2) is 42.5 Å². The molecule has 2 heterocycles. The van der Waals surface area contributed by atoms with Gasteiger partial charge in [-0.3, -0.25) is 14.4 Å². The van der Waals surface area contributed by atoms with E-state index in [1.54, 1.807) is 47.4 Å². The Balaban J connectivity index is 1.26. The van der Waals surface area contributed by atoms with Crippen LogP contribution in [0, 0.1) is 5.92 Å². The number of fused-ring (bicyclic) bond motifs is 1. The van der Waals surface area contributed by atoms with Gasteiger partial charge in [-0.05, 0) is 37.1 Å². The number of carbonyl (C=O) groups is 3. The summed E-state index contributed by atoms with van der Waals surface area (Å²) < 4.78 is 11.2. The molecule has 172 valence electrons. The Morgan fingerprint density at radius 3 is 2.55 bits per heavy atom. The average molecular weight is 450 g/mol. The maximum atomic E-state index is 13.0. The van der Waals surface area contributed by atoms with Crippen LogP contribution in [0.4, 0.5) is 11.4 Å². The molecule has 1 aliphatic carbocycles. The Morgan fingerprint density at radius 2 is 1.73 bits per heavy atom. The maximum Gasteiger partial charge on any atom is 0.253 e. The van der Waals surface area contributed by atoms with E-state index in [1.165, 1.54) is 0 Å². The standard InChI is InChI=1S/C25H27N3O5/c29-23-13-16(15-28(23)18-9-10-21-22(14-18)33-12-11-32-21)24(30)27-20-8-4-3-7-19(20)25(31)26-17-5-1-2-6-17/h3-4,7-10,14,16-17H,1-2,5-6,11-13,15H2,(H,26,31)(H,27,30). The molecule has 1 unspecified atom stereocenters. The van der Waals surface area contributed by atoms with E-state index in [2.05, 4.69) is 10.6 Å². The first kappa shape index (κ1) is 21.3. The monoisotopic (exact) mass is 449 g/mol. The molecule has 0 aromatic heterocycles. The fourth-order valence-electron chi connectivity index (χ4n) is 4.69. The second kappa shape index (κ2) is 9.13. The molecule has 3 aliphatic rings. The van der Waals surface area contributed by atoms with Gasteiger partial charge in [-0.25, -0.2) is 0 Å². The van der Waals surface area contributed by atoms with Crippen LogP contribution in [-0.4, -0.2) is 43.5 Å². The third kappa shape index (κ3) is 4.51. The maximum absolute atomic E-state index is 13.0. The summed E-state index contributed by atoms with van der Waals surface area (Å²) >= 11 is 0. The molecule has 1 atom stereocenters. The molecule has 2 fully saturated rings. The lowest BCUT2D eigenvalue weighted by Gasteiger charge is -2.22. The number of nitrogens with zero attached hydrogens (tertiary/aromatic N) is 1. The normalized spacial score (nSPS) is 20.1. The smallest absolute Gasteiger partial charge is 0.253 e. The second-order valence-corrected chi connectivity index (χ2v) is 8.72. The SMILES string of the molecule is O=C(NC1CCCC1)c1ccccc1NC(=O)C1CC(=O)N(c2ccc3c(c2)OCCO3)C1. The number of ether oxygens (including phenoxy) is 2. The van der Waals surface area contributed by atoms with Crippen molar-refractivity contribution in [2.45, 2.75) is 38.1 Å². The van der Waals surface area contributed by atoms with Gasteiger partial charge >= 0.3 is 0 Å². The van der Waals surface area contributed by atoms with Crippen molar-refractivity contribution in [3.63, 3.8) is 0 Å². The van der Waals surface area contributed by atoms with Crippen molar-refractivity contribution in [2.24, 2.45) is 5.92 Å². The predicted molar refractivity (Wildman–Crippen MR) is 123 cm³/mol. The predicted octanol–water partition coefficient (Wildman–Crippen LogP) is 3.12. The zero-order valence-corrected chi connectivity index (χ0v) is 18.3. The summed E-state index contributed by atoms with van der Waals surface area (Å²) in [5.74, 6) is 0.151. The molecule has 0 spiro atoms. The zero-order chi connectivity index (χ0) is 22.8. The average Bonchev–Trinajstić information content (AvgIpc) is 3.48. The van der Waals surface area contributed by atoms with Crippen molar-refractivity contribution in [3.8, 4) is 11.5 Å². The molecule has 8 nitrogen and oxygen atoms in total. The molecule has 0 radical (unpaired) electrons. The van der Waals surface area contributed by atoms with Gasteiger partial charge in [0.05, 0.1) is 17.2 Å². The van der Waals surface area contributed by atoms with Gasteiger partial charge in [0, 0.05) is 30.8 Å². The highest BCUT2D eigenvalue weighted by Crippen LogP contribution is 2.36. The number of nitrogens with one attached hydrogen (secondary N) is 2. The van der Waals surface area contributed by atoms with Crippen LogP contribution in [-0.2, 0) is 9.59 Å². The minimum Gasteiger partial charge on any atom is -0.486 e. The highest BCUT2D eigenvalue weighted by molar-refractivity contribution is 6.07. The molecule has 0 bridgehead atoms. The van der Waals surface area contributed by atoms with Crippen LogP contribution in [0.5, 0.6) is 11.5 Å². The van der Waals surface area contributed by atoms with Gasteiger partial charge in [-0.2, -0.15) is 0 Å². The third-order valence-electron chi connectivity index (χ3n) is 6.45.